The molecule has 2 fully saturated rings. The maximum atomic E-state index is 15.6. The third kappa shape index (κ3) is 3.19. The number of anilines is 1. The molecule has 3 N–H and O–H groups in total. The number of hydrogen-bond donors (Lipinski definition) is 2. The van der Waals surface area contributed by atoms with Crippen LogP contribution in [-0.4, -0.2) is 49.6 Å². The summed E-state index contributed by atoms with van der Waals surface area (Å²) in [4.78, 5) is 22.2. The summed E-state index contributed by atoms with van der Waals surface area (Å²) in [5, 5.41) is -2.54. The number of nitrogen functional groups attached to an aromatic ring is 1. The van der Waals surface area contributed by atoms with Crippen molar-refractivity contribution in [2.75, 3.05) is 12.3 Å². The summed E-state index contributed by atoms with van der Waals surface area (Å²) in [6, 6.07) is 0. The van der Waals surface area contributed by atoms with Crippen molar-refractivity contribution in [3.63, 3.8) is 0 Å². The van der Waals surface area contributed by atoms with Gasteiger partial charge in [-0.25, -0.2) is 9.37 Å². The molecule has 0 aromatic carbocycles. The Hall–Kier alpha value is -1.14. The van der Waals surface area contributed by atoms with Crippen molar-refractivity contribution in [1.82, 2.24) is 19.5 Å². The molecule has 2 aliphatic heterocycles. The molecule has 4 heterocycles. The second kappa shape index (κ2) is 6.45. The molecule has 0 radical (unpaired) electrons. The molecule has 0 aliphatic carbocycles. The molecule has 14 heteroatoms. The van der Waals surface area contributed by atoms with Gasteiger partial charge in [0.25, 0.3) is 10.7 Å². The van der Waals surface area contributed by atoms with Crippen molar-refractivity contribution in [2.24, 2.45) is 0 Å². The van der Waals surface area contributed by atoms with E-state index in [1.165, 1.54) is 10.9 Å². The molecule has 2 aromatic rings. The van der Waals surface area contributed by atoms with Crippen molar-refractivity contribution in [3.05, 3.63) is 16.7 Å². The van der Waals surface area contributed by atoms with E-state index >= 15 is 4.39 Å². The lowest BCUT2D eigenvalue weighted by molar-refractivity contribution is -0.0635. The van der Waals surface area contributed by atoms with Gasteiger partial charge in [-0.15, -0.1) is 0 Å². The van der Waals surface area contributed by atoms with Crippen LogP contribution in [0.2, 0.25) is 0 Å². The number of aromatic amines is 1. The molecule has 1 unspecified atom stereocenters. The van der Waals surface area contributed by atoms with Gasteiger partial charge in [0, 0.05) is 0 Å². The standard InChI is InChI=1S/C13H16ClFN5O5PS/c1-5(2)24-26(27)22-3-6-8(25-26)13(14,15)11(23-6)20-4-17-7-9(20)18-12(16)19-10(7)21/h4-6,8,11H,3H2,1-2H3,(H3,16,18,19,21)/t6-,8-,11-,13-,26?/m1/s1. The van der Waals surface area contributed by atoms with Gasteiger partial charge < -0.3 is 19.5 Å². The number of fused-ring (bicyclic) bond motifs is 2. The Balaban J connectivity index is 1.71. The summed E-state index contributed by atoms with van der Waals surface area (Å²) >= 11 is 11.5. The average Bonchev–Trinajstić information content (AvgIpc) is 3.05. The summed E-state index contributed by atoms with van der Waals surface area (Å²) in [5.41, 5.74) is 5.01. The van der Waals surface area contributed by atoms with Crippen LogP contribution in [0, 0.1) is 0 Å². The third-order valence-corrected chi connectivity index (χ3v) is 6.90. The largest absolute Gasteiger partial charge is 0.369 e. The van der Waals surface area contributed by atoms with Crippen molar-refractivity contribution < 1.29 is 22.7 Å². The fourth-order valence-corrected chi connectivity index (χ4v) is 5.96. The summed E-state index contributed by atoms with van der Waals surface area (Å²) in [7, 11) is 0. The zero-order valence-corrected chi connectivity index (χ0v) is 16.6. The molecule has 0 bridgehead atoms. The number of ether oxygens (including phenoxy) is 1. The topological polar surface area (TPSA) is 127 Å². The third-order valence-electron chi connectivity index (χ3n) is 4.03. The van der Waals surface area contributed by atoms with E-state index in [9.17, 15) is 4.79 Å². The molecule has 27 heavy (non-hydrogen) atoms. The van der Waals surface area contributed by atoms with E-state index < -0.39 is 35.8 Å². The van der Waals surface area contributed by atoms with E-state index in [-0.39, 0.29) is 29.8 Å². The molecule has 0 saturated carbocycles. The molecule has 5 atom stereocenters. The first-order valence-electron chi connectivity index (χ1n) is 7.98. The van der Waals surface area contributed by atoms with Crippen molar-refractivity contribution in [1.29, 1.82) is 0 Å². The Labute approximate surface area is 162 Å². The van der Waals surface area contributed by atoms with Crippen molar-refractivity contribution in [2.45, 2.75) is 43.5 Å². The fourth-order valence-electron chi connectivity index (χ4n) is 2.99. The monoisotopic (exact) mass is 439 g/mol. The maximum Gasteiger partial charge on any atom is 0.328 e. The van der Waals surface area contributed by atoms with Crippen LogP contribution in [-0.2, 0) is 30.1 Å². The Bertz CT molecular complexity index is 999. The highest BCUT2D eigenvalue weighted by molar-refractivity contribution is 8.07. The SMILES string of the molecule is CC(C)OP1(=S)OC[C@H]2O[C@@H](n3cnc4c(=O)[nH]c(N)nc43)[C@@](F)(Cl)[C@@H]2O1. The van der Waals surface area contributed by atoms with Crippen LogP contribution in [0.1, 0.15) is 20.1 Å². The predicted molar refractivity (Wildman–Crippen MR) is 97.5 cm³/mol. The predicted octanol–water partition coefficient (Wildman–Crippen LogP) is 1.57. The lowest BCUT2D eigenvalue weighted by Crippen LogP contribution is -2.43. The summed E-state index contributed by atoms with van der Waals surface area (Å²) in [5.74, 6) is -0.149. The van der Waals surface area contributed by atoms with Crippen molar-refractivity contribution in [3.8, 4) is 0 Å². The van der Waals surface area contributed by atoms with E-state index in [0.29, 0.717) is 0 Å². The molecule has 2 saturated heterocycles. The maximum absolute atomic E-state index is 15.6. The van der Waals surface area contributed by atoms with Crippen LogP contribution < -0.4 is 11.3 Å². The van der Waals surface area contributed by atoms with Gasteiger partial charge in [0.2, 0.25) is 5.95 Å². The number of alkyl halides is 2. The van der Waals surface area contributed by atoms with Gasteiger partial charge in [-0.05, 0) is 25.7 Å². The second-order valence-corrected chi connectivity index (χ2v) is 9.89. The lowest BCUT2D eigenvalue weighted by Gasteiger charge is -2.35. The summed E-state index contributed by atoms with van der Waals surface area (Å²) in [6.07, 6.45) is -2.53. The first-order chi connectivity index (χ1) is 12.6. The van der Waals surface area contributed by atoms with Crippen LogP contribution in [0.3, 0.4) is 0 Å². The minimum atomic E-state index is -3.17. The highest BCUT2D eigenvalue weighted by Crippen LogP contribution is 2.61. The van der Waals surface area contributed by atoms with Crippen LogP contribution in [0.25, 0.3) is 11.2 Å². The van der Waals surface area contributed by atoms with Crippen molar-refractivity contribution >= 4 is 47.2 Å². The number of rotatable bonds is 3. The zero-order chi connectivity index (χ0) is 19.6. The molecule has 148 valence electrons. The number of hydrogen-bond acceptors (Lipinski definition) is 9. The highest BCUT2D eigenvalue weighted by Gasteiger charge is 2.62. The van der Waals surface area contributed by atoms with E-state index in [1.807, 2.05) is 0 Å². The molecule has 4 rings (SSSR count). The molecular formula is C13H16ClFN5O5PS. The molecule has 2 aliphatic rings. The van der Waals surface area contributed by atoms with Gasteiger partial charge in [-0.1, -0.05) is 11.6 Å². The fraction of sp³-hybridized carbons (Fsp3) is 0.615. The van der Waals surface area contributed by atoms with E-state index in [2.05, 4.69) is 15.0 Å². The van der Waals surface area contributed by atoms with E-state index in [0.717, 1.165) is 0 Å². The van der Waals surface area contributed by atoms with Gasteiger partial charge in [0.15, 0.2) is 17.4 Å². The highest BCUT2D eigenvalue weighted by atomic mass is 35.5. The Morgan fingerprint density at radius 2 is 2.37 bits per heavy atom. The van der Waals surface area contributed by atoms with Gasteiger partial charge in [0.05, 0.1) is 19.0 Å². The summed E-state index contributed by atoms with van der Waals surface area (Å²) < 4.78 is 39.1. The quantitative estimate of drug-likeness (QED) is 0.541. The zero-order valence-electron chi connectivity index (χ0n) is 14.2. The van der Waals surface area contributed by atoms with Crippen LogP contribution >= 0.6 is 18.3 Å². The number of imidazole rings is 1. The second-order valence-electron chi connectivity index (χ2n) is 6.40. The Kier molecular flexibility index (Phi) is 4.58. The molecule has 2 aromatic heterocycles. The van der Waals surface area contributed by atoms with Crippen LogP contribution in [0.4, 0.5) is 10.3 Å². The smallest absolute Gasteiger partial charge is 0.328 e. The molecule has 0 spiro atoms. The lowest BCUT2D eigenvalue weighted by atomic mass is 10.1. The van der Waals surface area contributed by atoms with Gasteiger partial charge in [0.1, 0.15) is 12.2 Å². The molecule has 10 nitrogen and oxygen atoms in total. The Morgan fingerprint density at radius 3 is 3.07 bits per heavy atom. The number of nitrogens with one attached hydrogen (secondary N) is 1. The molecule has 0 amide bonds. The number of nitrogens with two attached hydrogens (primary N) is 1. The number of aromatic nitrogens is 4. The van der Waals surface area contributed by atoms with Crippen LogP contribution in [0.5, 0.6) is 0 Å². The normalized spacial score (nSPS) is 36.4. The minimum absolute atomic E-state index is 0.0273. The number of H-pyrrole nitrogens is 1. The average molecular weight is 440 g/mol. The molecular weight excluding hydrogens is 424 g/mol. The van der Waals surface area contributed by atoms with E-state index in [4.69, 9.17) is 47.4 Å². The van der Waals surface area contributed by atoms with Gasteiger partial charge in [-0.2, -0.15) is 4.98 Å². The first kappa shape index (κ1) is 19.2. The minimum Gasteiger partial charge on any atom is -0.369 e. The Morgan fingerprint density at radius 1 is 1.63 bits per heavy atom. The number of nitrogens with zero attached hydrogens (tertiary/aromatic N) is 3. The first-order valence-corrected chi connectivity index (χ1v) is 10.9. The van der Waals surface area contributed by atoms with Gasteiger partial charge in [-0.3, -0.25) is 18.9 Å². The van der Waals surface area contributed by atoms with E-state index in [1.54, 1.807) is 13.8 Å². The van der Waals surface area contributed by atoms with Crippen LogP contribution in [0.15, 0.2) is 11.1 Å². The number of halogens is 2. The summed E-state index contributed by atoms with van der Waals surface area (Å²) in [6.45, 7) is 0.296. The van der Waals surface area contributed by atoms with Gasteiger partial charge >= 0.3 is 6.72 Å².